The van der Waals surface area contributed by atoms with E-state index in [0.29, 0.717) is 5.75 Å². The number of methoxy groups -OCH3 is 1. The lowest BCUT2D eigenvalue weighted by molar-refractivity contribution is -0.385. The largest absolute Gasteiger partial charge is 0.490 e. The van der Waals surface area contributed by atoms with Gasteiger partial charge in [0.05, 0.1) is 18.1 Å². The minimum absolute atomic E-state index is 0.0155. The molecule has 7 nitrogen and oxygen atoms in total. The standard InChI is InChI=1S/C16H20N2O5/c1-22-15(19)16(7-8-16)17-9-5-13(6-10-17)23-14-4-2-3-12(11-14)18(20)21/h2-4,11,13H,5-10H2,1H3. The summed E-state index contributed by atoms with van der Waals surface area (Å²) in [4.78, 5) is 24.5. The van der Waals surface area contributed by atoms with Crippen molar-refractivity contribution in [3.05, 3.63) is 34.4 Å². The van der Waals surface area contributed by atoms with Gasteiger partial charge in [0.25, 0.3) is 5.69 Å². The third-order valence-corrected chi connectivity index (χ3v) is 4.67. The summed E-state index contributed by atoms with van der Waals surface area (Å²) in [6.07, 6.45) is 3.32. The number of nitrogens with zero attached hydrogens (tertiary/aromatic N) is 2. The highest BCUT2D eigenvalue weighted by atomic mass is 16.6. The summed E-state index contributed by atoms with van der Waals surface area (Å²) in [5.41, 5.74) is -0.381. The number of likely N-dealkylation sites (tertiary alicyclic amines) is 1. The molecule has 1 aromatic rings. The highest BCUT2D eigenvalue weighted by Gasteiger charge is 2.56. The molecule has 1 saturated carbocycles. The predicted octanol–water partition coefficient (Wildman–Crippen LogP) is 2.14. The van der Waals surface area contributed by atoms with Crippen LogP contribution in [0, 0.1) is 10.1 Å². The summed E-state index contributed by atoms with van der Waals surface area (Å²) in [6.45, 7) is 1.55. The number of esters is 1. The Bertz CT molecular complexity index is 606. The molecule has 1 aliphatic heterocycles. The molecule has 0 aromatic heterocycles. The molecule has 0 atom stereocenters. The molecule has 0 N–H and O–H groups in total. The van der Waals surface area contributed by atoms with Crippen molar-refractivity contribution < 1.29 is 19.2 Å². The lowest BCUT2D eigenvalue weighted by atomic mass is 10.0. The van der Waals surface area contributed by atoms with Crippen molar-refractivity contribution in [1.29, 1.82) is 0 Å². The molecule has 0 spiro atoms. The molecule has 23 heavy (non-hydrogen) atoms. The van der Waals surface area contributed by atoms with Gasteiger partial charge in [-0.1, -0.05) is 6.07 Å². The minimum Gasteiger partial charge on any atom is -0.490 e. The normalized spacial score (nSPS) is 20.7. The monoisotopic (exact) mass is 320 g/mol. The van der Waals surface area contributed by atoms with E-state index in [1.807, 2.05) is 0 Å². The Labute approximate surface area is 134 Å². The molecule has 1 aliphatic carbocycles. The van der Waals surface area contributed by atoms with Crippen molar-refractivity contribution in [2.24, 2.45) is 0 Å². The minimum atomic E-state index is -0.428. The van der Waals surface area contributed by atoms with Gasteiger partial charge < -0.3 is 9.47 Å². The number of rotatable bonds is 5. The zero-order valence-electron chi connectivity index (χ0n) is 13.1. The molecule has 2 aliphatic rings. The van der Waals surface area contributed by atoms with Crippen LogP contribution in [0.1, 0.15) is 25.7 Å². The average Bonchev–Trinajstić information content (AvgIpc) is 3.37. The number of hydrogen-bond acceptors (Lipinski definition) is 6. The first-order valence-electron chi connectivity index (χ1n) is 7.80. The van der Waals surface area contributed by atoms with E-state index >= 15 is 0 Å². The lowest BCUT2D eigenvalue weighted by Crippen LogP contribution is -2.49. The number of piperidine rings is 1. The van der Waals surface area contributed by atoms with E-state index in [2.05, 4.69) is 4.90 Å². The van der Waals surface area contributed by atoms with E-state index in [4.69, 9.17) is 9.47 Å². The van der Waals surface area contributed by atoms with Gasteiger partial charge in [0.1, 0.15) is 17.4 Å². The van der Waals surface area contributed by atoms with Crippen molar-refractivity contribution in [3.63, 3.8) is 0 Å². The smallest absolute Gasteiger partial charge is 0.326 e. The van der Waals surface area contributed by atoms with Crippen molar-refractivity contribution in [2.75, 3.05) is 20.2 Å². The maximum Gasteiger partial charge on any atom is 0.326 e. The summed E-state index contributed by atoms with van der Waals surface area (Å²) >= 11 is 0. The van der Waals surface area contributed by atoms with Gasteiger partial charge in [-0.25, -0.2) is 0 Å². The number of non-ortho nitro benzene ring substituents is 1. The molecule has 0 bridgehead atoms. The fraction of sp³-hybridized carbons (Fsp3) is 0.562. The first kappa shape index (κ1) is 15.7. The van der Waals surface area contributed by atoms with Crippen molar-refractivity contribution in [3.8, 4) is 5.75 Å². The van der Waals surface area contributed by atoms with Gasteiger partial charge in [0, 0.05) is 19.2 Å². The molecule has 0 radical (unpaired) electrons. The van der Waals surface area contributed by atoms with Crippen LogP contribution in [0.4, 0.5) is 5.69 Å². The Hall–Kier alpha value is -2.15. The highest BCUT2D eigenvalue weighted by Crippen LogP contribution is 2.44. The second-order valence-electron chi connectivity index (χ2n) is 6.08. The Morgan fingerprint density at radius 3 is 2.61 bits per heavy atom. The van der Waals surface area contributed by atoms with Crippen LogP contribution in [0.25, 0.3) is 0 Å². The predicted molar refractivity (Wildman–Crippen MR) is 82.3 cm³/mol. The van der Waals surface area contributed by atoms with Gasteiger partial charge in [-0.15, -0.1) is 0 Å². The third-order valence-electron chi connectivity index (χ3n) is 4.67. The molecule has 7 heteroatoms. The second kappa shape index (κ2) is 6.16. The van der Waals surface area contributed by atoms with E-state index in [0.717, 1.165) is 38.8 Å². The Kier molecular flexibility index (Phi) is 4.21. The maximum atomic E-state index is 11.9. The van der Waals surface area contributed by atoms with Crippen LogP contribution in [0.2, 0.25) is 0 Å². The van der Waals surface area contributed by atoms with E-state index in [1.54, 1.807) is 12.1 Å². The third kappa shape index (κ3) is 3.14. The number of benzene rings is 1. The van der Waals surface area contributed by atoms with Gasteiger partial charge >= 0.3 is 5.97 Å². The summed E-state index contributed by atoms with van der Waals surface area (Å²) in [5, 5.41) is 10.8. The quantitative estimate of drug-likeness (QED) is 0.470. The molecule has 124 valence electrons. The SMILES string of the molecule is COC(=O)C1(N2CCC(Oc3cccc([N+](=O)[O-])c3)CC2)CC1. The van der Waals surface area contributed by atoms with E-state index in [1.165, 1.54) is 19.2 Å². The molecule has 3 rings (SSSR count). The van der Waals surface area contributed by atoms with Crippen LogP contribution in [0.15, 0.2) is 24.3 Å². The molecule has 1 heterocycles. The van der Waals surface area contributed by atoms with Crippen molar-refractivity contribution in [2.45, 2.75) is 37.3 Å². The Morgan fingerprint density at radius 1 is 1.35 bits per heavy atom. The van der Waals surface area contributed by atoms with Crippen LogP contribution >= 0.6 is 0 Å². The summed E-state index contributed by atoms with van der Waals surface area (Å²) in [5.74, 6) is 0.377. The summed E-state index contributed by atoms with van der Waals surface area (Å²) in [6, 6.07) is 6.25. The lowest BCUT2D eigenvalue weighted by Gasteiger charge is -2.36. The topological polar surface area (TPSA) is 81.9 Å². The van der Waals surface area contributed by atoms with Crippen LogP contribution in [0.5, 0.6) is 5.75 Å². The molecule has 2 fully saturated rings. The zero-order chi connectivity index (χ0) is 16.4. The number of nitro groups is 1. The van der Waals surface area contributed by atoms with Gasteiger partial charge in [-0.3, -0.25) is 19.8 Å². The first-order chi connectivity index (χ1) is 11.0. The van der Waals surface area contributed by atoms with Crippen LogP contribution in [0.3, 0.4) is 0 Å². The van der Waals surface area contributed by atoms with Crippen molar-refractivity contribution in [1.82, 2.24) is 4.90 Å². The number of carbonyl (C=O) groups is 1. The number of ether oxygens (including phenoxy) is 2. The van der Waals surface area contributed by atoms with Gasteiger partial charge in [-0.2, -0.15) is 0 Å². The molecular formula is C16H20N2O5. The van der Waals surface area contributed by atoms with Crippen molar-refractivity contribution >= 4 is 11.7 Å². The molecule has 1 aromatic carbocycles. The van der Waals surface area contributed by atoms with Gasteiger partial charge in [0.15, 0.2) is 0 Å². The molecule has 1 saturated heterocycles. The number of hydrogen-bond donors (Lipinski definition) is 0. The van der Waals surface area contributed by atoms with E-state index in [-0.39, 0.29) is 17.8 Å². The number of carbonyl (C=O) groups excluding carboxylic acids is 1. The highest BCUT2D eigenvalue weighted by molar-refractivity contribution is 5.84. The van der Waals surface area contributed by atoms with E-state index in [9.17, 15) is 14.9 Å². The fourth-order valence-corrected chi connectivity index (χ4v) is 3.22. The van der Waals surface area contributed by atoms with Crippen LogP contribution in [-0.4, -0.2) is 47.6 Å². The van der Waals surface area contributed by atoms with E-state index < -0.39 is 10.5 Å². The molecule has 0 amide bonds. The van der Waals surface area contributed by atoms with Gasteiger partial charge in [-0.05, 0) is 31.7 Å². The second-order valence-corrected chi connectivity index (χ2v) is 6.08. The summed E-state index contributed by atoms with van der Waals surface area (Å²) in [7, 11) is 1.43. The van der Waals surface area contributed by atoms with Crippen LogP contribution in [-0.2, 0) is 9.53 Å². The summed E-state index contributed by atoms with van der Waals surface area (Å²) < 4.78 is 10.8. The molecule has 0 unspecified atom stereocenters. The number of nitro benzene ring substituents is 1. The zero-order valence-corrected chi connectivity index (χ0v) is 13.1. The molecular weight excluding hydrogens is 300 g/mol. The Balaban J connectivity index is 1.57. The van der Waals surface area contributed by atoms with Gasteiger partial charge in [0.2, 0.25) is 0 Å². The maximum absolute atomic E-state index is 11.9. The first-order valence-corrected chi connectivity index (χ1v) is 7.80. The fourth-order valence-electron chi connectivity index (χ4n) is 3.22. The Morgan fingerprint density at radius 2 is 2.04 bits per heavy atom. The van der Waals surface area contributed by atoms with Crippen LogP contribution < -0.4 is 4.74 Å². The average molecular weight is 320 g/mol.